The molecule has 1 N–H and O–H groups in total. The number of thioether (sulfide) groups is 1. The minimum absolute atomic E-state index is 0.0951. The van der Waals surface area contributed by atoms with Gasteiger partial charge in [-0.1, -0.05) is 65.5 Å². The molecule has 0 saturated heterocycles. The normalized spacial score (nSPS) is 15.6. The van der Waals surface area contributed by atoms with Gasteiger partial charge in [0.15, 0.2) is 11.0 Å². The van der Waals surface area contributed by atoms with Gasteiger partial charge in [-0.2, -0.15) is 0 Å². The van der Waals surface area contributed by atoms with E-state index in [2.05, 4.69) is 42.9 Å². The lowest BCUT2D eigenvalue weighted by Gasteiger charge is -2.16. The number of hydrogen-bond acceptors (Lipinski definition) is 4. The number of halogens is 1. The van der Waals surface area contributed by atoms with E-state index >= 15 is 0 Å². The highest BCUT2D eigenvalue weighted by Crippen LogP contribution is 2.25. The van der Waals surface area contributed by atoms with Crippen LogP contribution in [0.4, 0.5) is 0 Å². The number of nitrogens with one attached hydrogen (secondary N) is 1. The molecular formula is C19H25BrN4OS. The van der Waals surface area contributed by atoms with Crippen molar-refractivity contribution in [1.82, 2.24) is 20.1 Å². The fourth-order valence-corrected chi connectivity index (χ4v) is 4.39. The minimum atomic E-state index is 0.0951. The third-order valence-corrected chi connectivity index (χ3v) is 6.18. The van der Waals surface area contributed by atoms with E-state index in [1.807, 2.05) is 24.3 Å². The average molecular weight is 437 g/mol. The zero-order chi connectivity index (χ0) is 18.4. The molecule has 1 heterocycles. The average Bonchev–Trinajstić information content (AvgIpc) is 2.88. The molecule has 0 atom stereocenters. The first-order chi connectivity index (χ1) is 12.7. The zero-order valence-electron chi connectivity index (χ0n) is 15.1. The standard InChI is InChI=1S/C19H25BrN4OS/c1-2-24-18(14-9-11-15(20)12-10-14)22-23-19(24)26-13-17(25)21-16-7-5-3-4-6-8-16/h9-12,16H,2-8,13H2,1H3,(H,21,25). The lowest BCUT2D eigenvalue weighted by molar-refractivity contribution is -0.119. The van der Waals surface area contributed by atoms with Crippen LogP contribution in [0.25, 0.3) is 11.4 Å². The molecule has 5 nitrogen and oxygen atoms in total. The van der Waals surface area contributed by atoms with Gasteiger partial charge in [0.2, 0.25) is 5.91 Å². The first kappa shape index (κ1) is 19.4. The van der Waals surface area contributed by atoms with Gasteiger partial charge in [0, 0.05) is 22.6 Å². The molecule has 140 valence electrons. The monoisotopic (exact) mass is 436 g/mol. The van der Waals surface area contributed by atoms with Gasteiger partial charge >= 0.3 is 0 Å². The molecule has 7 heteroatoms. The van der Waals surface area contributed by atoms with Crippen LogP contribution in [0.2, 0.25) is 0 Å². The maximum absolute atomic E-state index is 12.3. The number of benzene rings is 1. The van der Waals surface area contributed by atoms with Gasteiger partial charge in [0.25, 0.3) is 0 Å². The largest absolute Gasteiger partial charge is 0.353 e. The summed E-state index contributed by atoms with van der Waals surface area (Å²) >= 11 is 4.91. The number of hydrogen-bond donors (Lipinski definition) is 1. The van der Waals surface area contributed by atoms with E-state index in [1.165, 1.54) is 37.4 Å². The molecule has 0 aliphatic heterocycles. The fraction of sp³-hybridized carbons (Fsp3) is 0.526. The van der Waals surface area contributed by atoms with Crippen molar-refractivity contribution in [3.63, 3.8) is 0 Å². The Morgan fingerprint density at radius 3 is 2.54 bits per heavy atom. The molecule has 1 aliphatic rings. The van der Waals surface area contributed by atoms with E-state index in [9.17, 15) is 4.79 Å². The van der Waals surface area contributed by atoms with Gasteiger partial charge in [-0.25, -0.2) is 0 Å². The molecule has 2 aromatic rings. The van der Waals surface area contributed by atoms with Crippen molar-refractivity contribution in [2.75, 3.05) is 5.75 Å². The van der Waals surface area contributed by atoms with E-state index in [0.29, 0.717) is 11.8 Å². The minimum Gasteiger partial charge on any atom is -0.353 e. The topological polar surface area (TPSA) is 59.8 Å². The van der Waals surface area contributed by atoms with Crippen LogP contribution < -0.4 is 5.32 Å². The van der Waals surface area contributed by atoms with E-state index in [-0.39, 0.29) is 5.91 Å². The molecule has 0 bridgehead atoms. The second-order valence-corrected chi connectivity index (χ2v) is 8.46. The molecule has 1 saturated carbocycles. The lowest BCUT2D eigenvalue weighted by atomic mass is 10.1. The quantitative estimate of drug-likeness (QED) is 0.528. The third-order valence-electron chi connectivity index (χ3n) is 4.69. The van der Waals surface area contributed by atoms with Gasteiger partial charge < -0.3 is 9.88 Å². The zero-order valence-corrected chi connectivity index (χ0v) is 17.5. The second kappa shape index (κ2) is 9.55. The highest BCUT2D eigenvalue weighted by molar-refractivity contribution is 9.10. The Bertz CT molecular complexity index is 724. The fourth-order valence-electron chi connectivity index (χ4n) is 3.32. The Kier molecular flexibility index (Phi) is 7.14. The summed E-state index contributed by atoms with van der Waals surface area (Å²) in [6.45, 7) is 2.84. The van der Waals surface area contributed by atoms with Crippen LogP contribution in [0, 0.1) is 0 Å². The molecular weight excluding hydrogens is 412 g/mol. The number of amides is 1. The smallest absolute Gasteiger partial charge is 0.230 e. The Morgan fingerprint density at radius 1 is 1.19 bits per heavy atom. The van der Waals surface area contributed by atoms with Crippen molar-refractivity contribution in [3.05, 3.63) is 28.7 Å². The van der Waals surface area contributed by atoms with Crippen molar-refractivity contribution in [2.45, 2.75) is 63.2 Å². The van der Waals surface area contributed by atoms with Crippen molar-refractivity contribution in [2.24, 2.45) is 0 Å². The van der Waals surface area contributed by atoms with Crippen LogP contribution >= 0.6 is 27.7 Å². The predicted molar refractivity (Wildman–Crippen MR) is 109 cm³/mol. The maximum Gasteiger partial charge on any atom is 0.230 e. The summed E-state index contributed by atoms with van der Waals surface area (Å²) in [5.74, 6) is 1.32. The number of rotatable bonds is 6. The van der Waals surface area contributed by atoms with Crippen LogP contribution in [0.15, 0.2) is 33.9 Å². The van der Waals surface area contributed by atoms with Gasteiger partial charge in [-0.05, 0) is 31.9 Å². The molecule has 1 aromatic carbocycles. The molecule has 0 radical (unpaired) electrons. The highest BCUT2D eigenvalue weighted by atomic mass is 79.9. The Balaban J connectivity index is 1.61. The van der Waals surface area contributed by atoms with Crippen LogP contribution in [0.1, 0.15) is 45.4 Å². The first-order valence-corrected chi connectivity index (χ1v) is 11.1. The van der Waals surface area contributed by atoms with Gasteiger partial charge in [0.1, 0.15) is 0 Å². The SMILES string of the molecule is CCn1c(SCC(=O)NC2CCCCCC2)nnc1-c1ccc(Br)cc1. The summed E-state index contributed by atoms with van der Waals surface area (Å²) in [5.41, 5.74) is 1.03. The summed E-state index contributed by atoms with van der Waals surface area (Å²) < 4.78 is 3.10. The number of carbonyl (C=O) groups is 1. The van der Waals surface area contributed by atoms with Gasteiger partial charge in [-0.3, -0.25) is 4.79 Å². The lowest BCUT2D eigenvalue weighted by Crippen LogP contribution is -2.35. The molecule has 1 aliphatic carbocycles. The van der Waals surface area contributed by atoms with Crippen molar-refractivity contribution in [3.8, 4) is 11.4 Å². The van der Waals surface area contributed by atoms with Crippen LogP contribution in [-0.2, 0) is 11.3 Å². The third kappa shape index (κ3) is 5.10. The molecule has 0 spiro atoms. The summed E-state index contributed by atoms with van der Waals surface area (Å²) in [6.07, 6.45) is 7.24. The van der Waals surface area contributed by atoms with Crippen LogP contribution in [0.3, 0.4) is 0 Å². The Labute approximate surface area is 167 Å². The predicted octanol–water partition coefficient (Wildman–Crippen LogP) is 4.66. The number of aromatic nitrogens is 3. The summed E-state index contributed by atoms with van der Waals surface area (Å²) in [4.78, 5) is 12.3. The van der Waals surface area contributed by atoms with Crippen molar-refractivity contribution >= 4 is 33.6 Å². The van der Waals surface area contributed by atoms with E-state index in [1.54, 1.807) is 0 Å². The van der Waals surface area contributed by atoms with Crippen molar-refractivity contribution in [1.29, 1.82) is 0 Å². The number of nitrogens with zero attached hydrogens (tertiary/aromatic N) is 3. The highest BCUT2D eigenvalue weighted by Gasteiger charge is 2.17. The van der Waals surface area contributed by atoms with Gasteiger partial charge in [0.05, 0.1) is 5.75 Å². The van der Waals surface area contributed by atoms with Crippen LogP contribution in [0.5, 0.6) is 0 Å². The summed E-state index contributed by atoms with van der Waals surface area (Å²) in [6, 6.07) is 8.38. The number of carbonyl (C=O) groups excluding carboxylic acids is 1. The molecule has 26 heavy (non-hydrogen) atoms. The van der Waals surface area contributed by atoms with E-state index in [4.69, 9.17) is 0 Å². The molecule has 0 unspecified atom stereocenters. The van der Waals surface area contributed by atoms with Crippen LogP contribution in [-0.4, -0.2) is 32.5 Å². The molecule has 1 aromatic heterocycles. The molecule has 3 rings (SSSR count). The second-order valence-electron chi connectivity index (χ2n) is 6.60. The Morgan fingerprint density at radius 2 is 1.88 bits per heavy atom. The molecule has 1 amide bonds. The van der Waals surface area contributed by atoms with Crippen molar-refractivity contribution < 1.29 is 4.79 Å². The summed E-state index contributed by atoms with van der Waals surface area (Å²) in [5, 5.41) is 12.6. The first-order valence-electron chi connectivity index (χ1n) is 9.28. The van der Waals surface area contributed by atoms with Gasteiger partial charge in [-0.15, -0.1) is 10.2 Å². The Hall–Kier alpha value is -1.34. The van der Waals surface area contributed by atoms with E-state index < -0.39 is 0 Å². The van der Waals surface area contributed by atoms with E-state index in [0.717, 1.165) is 40.4 Å². The maximum atomic E-state index is 12.3. The molecule has 1 fully saturated rings. The summed E-state index contributed by atoms with van der Waals surface area (Å²) in [7, 11) is 0.